The van der Waals surface area contributed by atoms with Gasteiger partial charge in [-0.15, -0.1) is 5.10 Å². The molecule has 11 heteroatoms. The zero-order chi connectivity index (χ0) is 20.1. The van der Waals surface area contributed by atoms with Gasteiger partial charge >= 0.3 is 0 Å². The Morgan fingerprint density at radius 3 is 2.25 bits per heavy atom. The molecule has 1 heterocycles. The number of aromatic carboxylic acids is 2. The Morgan fingerprint density at radius 2 is 1.64 bits per heavy atom. The third-order valence-corrected chi connectivity index (χ3v) is 4.38. The number of carbonyl (C=O) groups is 3. The van der Waals surface area contributed by atoms with E-state index in [1.807, 2.05) is 18.2 Å². The van der Waals surface area contributed by atoms with Crippen LogP contribution in [0, 0.1) is 0 Å². The van der Waals surface area contributed by atoms with E-state index in [1.54, 1.807) is 12.1 Å². The van der Waals surface area contributed by atoms with Crippen molar-refractivity contribution in [3.63, 3.8) is 0 Å². The van der Waals surface area contributed by atoms with E-state index in [4.69, 9.17) is 0 Å². The molecule has 0 spiro atoms. The minimum absolute atomic E-state index is 0.00542. The molecule has 0 bridgehead atoms. The van der Waals surface area contributed by atoms with Crippen molar-refractivity contribution in [2.24, 2.45) is 0 Å². The van der Waals surface area contributed by atoms with E-state index in [2.05, 4.69) is 20.8 Å². The van der Waals surface area contributed by atoms with E-state index >= 15 is 0 Å². The number of para-hydroxylation sites is 1. The average Bonchev–Trinajstić information content (AvgIpc) is 3.15. The maximum atomic E-state index is 12.2. The lowest BCUT2D eigenvalue weighted by Crippen LogP contribution is -2.26. The first-order valence-electron chi connectivity index (χ1n) is 7.78. The lowest BCUT2D eigenvalue weighted by Gasteiger charge is -2.12. The van der Waals surface area contributed by atoms with Crippen molar-refractivity contribution < 1.29 is 24.6 Å². The van der Waals surface area contributed by atoms with Crippen molar-refractivity contribution in [1.82, 2.24) is 20.2 Å². The number of anilines is 1. The van der Waals surface area contributed by atoms with E-state index in [9.17, 15) is 24.6 Å². The molecule has 0 atom stereocenters. The van der Waals surface area contributed by atoms with E-state index in [0.29, 0.717) is 5.16 Å². The monoisotopic (exact) mass is 397 g/mol. The summed E-state index contributed by atoms with van der Waals surface area (Å²) >= 11 is 1.05. The van der Waals surface area contributed by atoms with Gasteiger partial charge in [0.15, 0.2) is 0 Å². The van der Waals surface area contributed by atoms with Crippen molar-refractivity contribution in [1.29, 1.82) is 0 Å². The van der Waals surface area contributed by atoms with Crippen molar-refractivity contribution >= 4 is 35.3 Å². The molecule has 3 aromatic rings. The third kappa shape index (κ3) is 4.51. The van der Waals surface area contributed by atoms with Gasteiger partial charge in [-0.1, -0.05) is 30.0 Å². The van der Waals surface area contributed by atoms with Gasteiger partial charge in [0.2, 0.25) is 11.1 Å². The molecule has 0 aliphatic carbocycles. The normalized spacial score (nSPS) is 10.4. The highest BCUT2D eigenvalue weighted by Gasteiger charge is 2.12. The molecule has 10 nitrogen and oxygen atoms in total. The number of carbonyl (C=O) groups excluding carboxylic acids is 3. The summed E-state index contributed by atoms with van der Waals surface area (Å²) in [5, 5.41) is 36.1. The zero-order valence-electron chi connectivity index (χ0n) is 14.1. The Hall–Kier alpha value is -3.73. The van der Waals surface area contributed by atoms with Gasteiger partial charge in [-0.25, -0.2) is 0 Å². The molecule has 142 valence electrons. The summed E-state index contributed by atoms with van der Waals surface area (Å²) < 4.78 is 1.46. The fourth-order valence-electron chi connectivity index (χ4n) is 2.26. The summed E-state index contributed by atoms with van der Waals surface area (Å²) in [4.78, 5) is 34.2. The van der Waals surface area contributed by atoms with Crippen LogP contribution in [-0.2, 0) is 4.79 Å². The predicted octanol–water partition coefficient (Wildman–Crippen LogP) is -0.880. The molecule has 1 N–H and O–H groups in total. The summed E-state index contributed by atoms with van der Waals surface area (Å²) in [6.45, 7) is 0. The van der Waals surface area contributed by atoms with E-state index in [1.165, 1.54) is 4.68 Å². The molecule has 0 saturated carbocycles. The quantitative estimate of drug-likeness (QED) is 0.501. The smallest absolute Gasteiger partial charge is 0.234 e. The van der Waals surface area contributed by atoms with Crippen LogP contribution in [-0.4, -0.2) is 43.8 Å². The lowest BCUT2D eigenvalue weighted by atomic mass is 10.1. The summed E-state index contributed by atoms with van der Waals surface area (Å²) in [5.74, 6) is -3.75. The molecule has 1 amide bonds. The Kier molecular flexibility index (Phi) is 5.65. The molecule has 0 aliphatic rings. The van der Waals surface area contributed by atoms with Crippen LogP contribution in [0.25, 0.3) is 5.69 Å². The highest BCUT2D eigenvalue weighted by atomic mass is 32.2. The number of thioether (sulfide) groups is 1. The number of nitrogens with one attached hydrogen (secondary N) is 1. The number of carboxylic acids is 2. The molecule has 0 saturated heterocycles. The second-order valence-electron chi connectivity index (χ2n) is 5.42. The highest BCUT2D eigenvalue weighted by molar-refractivity contribution is 7.99. The highest BCUT2D eigenvalue weighted by Crippen LogP contribution is 2.19. The topological polar surface area (TPSA) is 153 Å². The third-order valence-electron chi connectivity index (χ3n) is 3.46. The Labute approximate surface area is 162 Å². The van der Waals surface area contributed by atoms with Crippen LogP contribution in [0.4, 0.5) is 5.69 Å². The molecule has 1 aromatic heterocycles. The molecule has 0 aliphatic heterocycles. The van der Waals surface area contributed by atoms with E-state index < -0.39 is 29.0 Å². The number of rotatable bonds is 7. The van der Waals surface area contributed by atoms with Gasteiger partial charge in [0.05, 0.1) is 23.4 Å². The summed E-state index contributed by atoms with van der Waals surface area (Å²) in [6, 6.07) is 12.2. The summed E-state index contributed by atoms with van der Waals surface area (Å²) in [6.07, 6.45) is 0. The summed E-state index contributed by atoms with van der Waals surface area (Å²) in [5.41, 5.74) is -0.0693. The predicted molar refractivity (Wildman–Crippen MR) is 93.6 cm³/mol. The molecule has 3 rings (SSSR count). The Morgan fingerprint density at radius 1 is 1.00 bits per heavy atom. The zero-order valence-corrected chi connectivity index (χ0v) is 14.9. The number of benzene rings is 2. The van der Waals surface area contributed by atoms with Crippen molar-refractivity contribution in [3.8, 4) is 5.69 Å². The second-order valence-corrected chi connectivity index (χ2v) is 6.36. The van der Waals surface area contributed by atoms with Crippen LogP contribution in [0.3, 0.4) is 0 Å². The van der Waals surface area contributed by atoms with Crippen molar-refractivity contribution in [3.05, 3.63) is 59.7 Å². The number of tetrazole rings is 1. The minimum atomic E-state index is -1.57. The first-order chi connectivity index (χ1) is 13.4. The van der Waals surface area contributed by atoms with Gasteiger partial charge < -0.3 is 25.1 Å². The minimum Gasteiger partial charge on any atom is -0.545 e. The Balaban J connectivity index is 1.70. The number of carboxylic acid groups (broad SMARTS) is 2. The van der Waals surface area contributed by atoms with Crippen molar-refractivity contribution in [2.45, 2.75) is 5.16 Å². The molecule has 0 unspecified atom stereocenters. The summed E-state index contributed by atoms with van der Waals surface area (Å²) in [7, 11) is 0. The second kappa shape index (κ2) is 8.31. The number of hydrogen-bond donors (Lipinski definition) is 1. The maximum Gasteiger partial charge on any atom is 0.234 e. The first kappa shape index (κ1) is 19.0. The fourth-order valence-corrected chi connectivity index (χ4v) is 2.95. The van der Waals surface area contributed by atoms with E-state index in [-0.39, 0.29) is 11.4 Å². The maximum absolute atomic E-state index is 12.2. The van der Waals surface area contributed by atoms with Gasteiger partial charge in [-0.3, -0.25) is 4.79 Å². The van der Waals surface area contributed by atoms with Crippen molar-refractivity contribution in [2.75, 3.05) is 11.1 Å². The first-order valence-corrected chi connectivity index (χ1v) is 8.77. The molecular weight excluding hydrogens is 386 g/mol. The van der Waals surface area contributed by atoms with Gasteiger partial charge in [0.1, 0.15) is 0 Å². The molecule has 0 radical (unpaired) electrons. The fraction of sp³-hybridized carbons (Fsp3) is 0.0588. The van der Waals surface area contributed by atoms with Gasteiger partial charge in [0, 0.05) is 5.69 Å². The van der Waals surface area contributed by atoms with Crippen LogP contribution in [0.5, 0.6) is 0 Å². The van der Waals surface area contributed by atoms with Crippen LogP contribution in [0.1, 0.15) is 20.7 Å². The van der Waals surface area contributed by atoms with Crippen LogP contribution in [0.15, 0.2) is 53.7 Å². The van der Waals surface area contributed by atoms with Gasteiger partial charge in [-0.05, 0) is 51.9 Å². The number of hydrogen-bond acceptors (Lipinski definition) is 9. The number of amides is 1. The van der Waals surface area contributed by atoms with Crippen LogP contribution < -0.4 is 15.5 Å². The van der Waals surface area contributed by atoms with Gasteiger partial charge in [0.25, 0.3) is 0 Å². The van der Waals surface area contributed by atoms with E-state index in [0.717, 1.165) is 35.6 Å². The largest absolute Gasteiger partial charge is 0.545 e. The number of nitrogens with zero attached hydrogens (tertiary/aromatic N) is 4. The van der Waals surface area contributed by atoms with Gasteiger partial charge in [-0.2, -0.15) is 4.68 Å². The molecular formula is C17H11N5O5S-2. The SMILES string of the molecule is O=C(CSc1nnnn1-c1ccccc1)Nc1cc(C(=O)[O-])cc(C(=O)[O-])c1. The molecule has 0 fully saturated rings. The van der Waals surface area contributed by atoms with Crippen LogP contribution >= 0.6 is 11.8 Å². The lowest BCUT2D eigenvalue weighted by molar-refractivity contribution is -0.255. The molecule has 28 heavy (non-hydrogen) atoms. The number of aromatic nitrogens is 4. The Bertz CT molecular complexity index is 1010. The average molecular weight is 397 g/mol. The molecule has 2 aromatic carbocycles. The standard InChI is InChI=1S/C17H13N5O5S/c23-14(18-12-7-10(15(24)25)6-11(8-12)16(26)27)9-28-17-19-20-21-22(17)13-4-2-1-3-5-13/h1-8H,9H2,(H,18,23)(H,24,25)(H,26,27)/p-2. The van der Waals surface area contributed by atoms with Crippen LogP contribution in [0.2, 0.25) is 0 Å².